The van der Waals surface area contributed by atoms with Gasteiger partial charge in [0.15, 0.2) is 0 Å². The Morgan fingerprint density at radius 3 is 2.34 bits per heavy atom. The summed E-state index contributed by atoms with van der Waals surface area (Å²) in [6, 6.07) is 18.4. The third-order valence-corrected chi connectivity index (χ3v) is 7.68. The summed E-state index contributed by atoms with van der Waals surface area (Å²) in [5, 5.41) is 13.8. The van der Waals surface area contributed by atoms with Crippen molar-refractivity contribution in [2.45, 2.75) is 56.5 Å². The number of halogens is 1. The fraction of sp³-hybridized carbons (Fsp3) is 0.429. The molecule has 1 unspecified atom stereocenters. The number of aromatic nitrogens is 1. The molecule has 0 bridgehead atoms. The number of nitrogens with zero attached hydrogens (tertiary/aromatic N) is 1. The smallest absolute Gasteiger partial charge is 0.329 e. The van der Waals surface area contributed by atoms with Crippen molar-refractivity contribution >= 4 is 35.2 Å². The zero-order chi connectivity index (χ0) is 24.3. The number of nitrogens with one attached hydrogen (secondary N) is 2. The molecule has 188 valence electrons. The second-order valence-corrected chi connectivity index (χ2v) is 10.2. The van der Waals surface area contributed by atoms with Gasteiger partial charge in [-0.05, 0) is 69.8 Å². The van der Waals surface area contributed by atoms with E-state index >= 15 is 0 Å². The number of fused-ring (bicyclic) bond motifs is 1. The standard InChI is InChI=1S/C28H35N3O3.ClH/c1-27(26(33)34,18-21-19-29-24-12-8-7-11-23(21)24)30-25(32)17-20-13-15-28(16-14-20,31(2)3)22-9-5-4-6-10-22;/h4-12,19-20,29H,13-18H2,1-3H3,(H,30,32)(H,33,34);1H. The van der Waals surface area contributed by atoms with Crippen LogP contribution < -0.4 is 5.32 Å². The third kappa shape index (κ3) is 5.54. The van der Waals surface area contributed by atoms with Crippen LogP contribution >= 0.6 is 12.4 Å². The normalized spacial score (nSPS) is 21.8. The van der Waals surface area contributed by atoms with Crippen molar-refractivity contribution in [3.05, 3.63) is 71.9 Å². The number of amides is 1. The molecule has 0 radical (unpaired) electrons. The number of carbonyl (C=O) groups excluding carboxylic acids is 1. The van der Waals surface area contributed by atoms with Gasteiger partial charge >= 0.3 is 5.97 Å². The predicted octanol–water partition coefficient (Wildman–Crippen LogP) is 5.13. The first kappa shape index (κ1) is 26.8. The number of carboxylic acid groups (broad SMARTS) is 1. The van der Waals surface area contributed by atoms with Gasteiger partial charge in [-0.1, -0.05) is 48.5 Å². The van der Waals surface area contributed by atoms with Gasteiger partial charge in [0.05, 0.1) is 0 Å². The molecule has 35 heavy (non-hydrogen) atoms. The van der Waals surface area contributed by atoms with E-state index in [1.54, 1.807) is 6.92 Å². The Bertz CT molecular complexity index is 1150. The van der Waals surface area contributed by atoms with Crippen LogP contribution in [0.3, 0.4) is 0 Å². The van der Waals surface area contributed by atoms with E-state index in [1.807, 2.05) is 36.5 Å². The van der Waals surface area contributed by atoms with E-state index < -0.39 is 11.5 Å². The van der Waals surface area contributed by atoms with Gasteiger partial charge in [0.1, 0.15) is 5.54 Å². The first-order valence-corrected chi connectivity index (χ1v) is 12.1. The monoisotopic (exact) mass is 497 g/mol. The molecule has 6 nitrogen and oxygen atoms in total. The van der Waals surface area contributed by atoms with Crippen LogP contribution in [0.4, 0.5) is 0 Å². The lowest BCUT2D eigenvalue weighted by atomic mass is 9.71. The number of carboxylic acids is 1. The van der Waals surface area contributed by atoms with Crippen LogP contribution in [0.15, 0.2) is 60.8 Å². The molecule has 1 aromatic heterocycles. The number of carbonyl (C=O) groups is 2. The van der Waals surface area contributed by atoms with Gasteiger partial charge in [0.25, 0.3) is 0 Å². The summed E-state index contributed by atoms with van der Waals surface area (Å²) in [5.74, 6) is -0.958. The summed E-state index contributed by atoms with van der Waals surface area (Å²) < 4.78 is 0. The van der Waals surface area contributed by atoms with E-state index in [0.29, 0.717) is 6.42 Å². The van der Waals surface area contributed by atoms with Gasteiger partial charge in [0, 0.05) is 35.5 Å². The average Bonchev–Trinajstić information content (AvgIpc) is 3.22. The molecule has 3 aromatic rings. The molecule has 1 aliphatic rings. The quantitative estimate of drug-likeness (QED) is 0.402. The molecule has 1 aliphatic carbocycles. The lowest BCUT2D eigenvalue weighted by molar-refractivity contribution is -0.147. The van der Waals surface area contributed by atoms with Gasteiger partial charge in [-0.3, -0.25) is 9.69 Å². The number of rotatable bonds is 8. The fourth-order valence-electron chi connectivity index (χ4n) is 5.55. The zero-order valence-corrected chi connectivity index (χ0v) is 21.5. The zero-order valence-electron chi connectivity index (χ0n) is 20.7. The highest BCUT2D eigenvalue weighted by Gasteiger charge is 2.40. The molecule has 4 rings (SSSR count). The highest BCUT2D eigenvalue weighted by atomic mass is 35.5. The Morgan fingerprint density at radius 2 is 1.71 bits per heavy atom. The van der Waals surface area contributed by atoms with E-state index in [0.717, 1.165) is 42.1 Å². The van der Waals surface area contributed by atoms with E-state index in [4.69, 9.17) is 0 Å². The molecule has 2 aromatic carbocycles. The molecule has 0 aliphatic heterocycles. The summed E-state index contributed by atoms with van der Waals surface area (Å²) in [7, 11) is 4.26. The van der Waals surface area contributed by atoms with E-state index in [1.165, 1.54) is 5.56 Å². The molecule has 1 heterocycles. The van der Waals surface area contributed by atoms with Crippen LogP contribution in [-0.2, 0) is 21.5 Å². The number of hydrogen-bond donors (Lipinski definition) is 3. The molecule has 1 amide bonds. The lowest BCUT2D eigenvalue weighted by Crippen LogP contribution is -2.54. The molecule has 1 atom stereocenters. The van der Waals surface area contributed by atoms with E-state index in [2.05, 4.69) is 53.6 Å². The van der Waals surface area contributed by atoms with Crippen molar-refractivity contribution in [3.8, 4) is 0 Å². The maximum Gasteiger partial charge on any atom is 0.329 e. The van der Waals surface area contributed by atoms with Crippen molar-refractivity contribution in [2.24, 2.45) is 5.92 Å². The number of benzene rings is 2. The van der Waals surface area contributed by atoms with Crippen molar-refractivity contribution in [1.29, 1.82) is 0 Å². The highest BCUT2D eigenvalue weighted by molar-refractivity contribution is 5.89. The SMILES string of the molecule is CN(C)C1(c2ccccc2)CCC(CC(=O)NC(C)(Cc2c[nH]c3ccccc23)C(=O)O)CC1.Cl. The highest BCUT2D eigenvalue weighted by Crippen LogP contribution is 2.43. The molecular weight excluding hydrogens is 462 g/mol. The van der Waals surface area contributed by atoms with Crippen LogP contribution in [0.25, 0.3) is 10.9 Å². The molecule has 1 fully saturated rings. The van der Waals surface area contributed by atoms with E-state index in [-0.39, 0.29) is 36.2 Å². The van der Waals surface area contributed by atoms with Crippen LogP contribution in [0.1, 0.15) is 50.2 Å². The first-order chi connectivity index (χ1) is 16.2. The van der Waals surface area contributed by atoms with Crippen molar-refractivity contribution in [1.82, 2.24) is 15.2 Å². The maximum atomic E-state index is 13.0. The van der Waals surface area contributed by atoms with Crippen LogP contribution in [0.2, 0.25) is 0 Å². The van der Waals surface area contributed by atoms with Gasteiger partial charge in [-0.2, -0.15) is 0 Å². The summed E-state index contributed by atoms with van der Waals surface area (Å²) in [6.45, 7) is 1.60. The molecule has 1 saturated carbocycles. The van der Waals surface area contributed by atoms with Crippen molar-refractivity contribution in [3.63, 3.8) is 0 Å². The second kappa shape index (κ2) is 10.8. The van der Waals surface area contributed by atoms with Crippen LogP contribution in [0.5, 0.6) is 0 Å². The predicted molar refractivity (Wildman–Crippen MR) is 142 cm³/mol. The Labute approximate surface area is 213 Å². The Kier molecular flexibility index (Phi) is 8.29. The van der Waals surface area contributed by atoms with Crippen molar-refractivity contribution in [2.75, 3.05) is 14.1 Å². The number of H-pyrrole nitrogens is 1. The van der Waals surface area contributed by atoms with Crippen LogP contribution in [0, 0.1) is 5.92 Å². The number of para-hydroxylation sites is 1. The summed E-state index contributed by atoms with van der Waals surface area (Å²) in [5.41, 5.74) is 1.78. The number of aliphatic carboxylic acids is 1. The first-order valence-electron chi connectivity index (χ1n) is 12.1. The Hall–Kier alpha value is -2.83. The number of hydrogen-bond acceptors (Lipinski definition) is 3. The molecule has 3 N–H and O–H groups in total. The van der Waals surface area contributed by atoms with Gasteiger partial charge in [-0.15, -0.1) is 12.4 Å². The second-order valence-electron chi connectivity index (χ2n) is 10.2. The summed E-state index contributed by atoms with van der Waals surface area (Å²) in [6.07, 6.45) is 6.25. The van der Waals surface area contributed by atoms with Crippen molar-refractivity contribution < 1.29 is 14.7 Å². The van der Waals surface area contributed by atoms with Gasteiger partial charge < -0.3 is 15.4 Å². The minimum absolute atomic E-state index is 0. The Balaban J connectivity index is 0.00000342. The minimum atomic E-state index is -1.37. The Morgan fingerprint density at radius 1 is 1.09 bits per heavy atom. The minimum Gasteiger partial charge on any atom is -0.480 e. The van der Waals surface area contributed by atoms with Gasteiger partial charge in [-0.25, -0.2) is 4.79 Å². The largest absolute Gasteiger partial charge is 0.480 e. The molecule has 0 saturated heterocycles. The average molecular weight is 498 g/mol. The molecule has 0 spiro atoms. The topological polar surface area (TPSA) is 85.4 Å². The van der Waals surface area contributed by atoms with Gasteiger partial charge in [0.2, 0.25) is 5.91 Å². The maximum absolute atomic E-state index is 13.0. The molecular formula is C28H36ClN3O3. The summed E-state index contributed by atoms with van der Waals surface area (Å²) >= 11 is 0. The summed E-state index contributed by atoms with van der Waals surface area (Å²) in [4.78, 5) is 30.7. The number of aromatic amines is 1. The third-order valence-electron chi connectivity index (χ3n) is 7.68. The molecule has 7 heteroatoms. The van der Waals surface area contributed by atoms with E-state index in [9.17, 15) is 14.7 Å². The fourth-order valence-corrected chi connectivity index (χ4v) is 5.55. The lowest BCUT2D eigenvalue weighted by Gasteiger charge is -2.45. The van der Waals surface area contributed by atoms with Crippen LogP contribution in [-0.4, -0.2) is 46.5 Å².